The largest absolute Gasteiger partial charge is 0.494 e. The van der Waals surface area contributed by atoms with Crippen LogP contribution in [-0.4, -0.2) is 42.4 Å². The SMILES string of the molecule is O=C(c1ccc(Oc2ccc(OCCCCCCO)cc2)cc1)c1ccc(Oc2ccc(OCCCCCCO)cc2)cc1. The van der Waals surface area contributed by atoms with E-state index in [9.17, 15) is 4.79 Å². The van der Waals surface area contributed by atoms with Crippen LogP contribution in [0.3, 0.4) is 0 Å². The quantitative estimate of drug-likeness (QED) is 0.0780. The van der Waals surface area contributed by atoms with Crippen molar-refractivity contribution >= 4 is 5.78 Å². The molecule has 0 heterocycles. The first kappa shape index (κ1) is 32.6. The van der Waals surface area contributed by atoms with Gasteiger partial charge in [0, 0.05) is 24.3 Å². The zero-order chi connectivity index (χ0) is 30.8. The van der Waals surface area contributed by atoms with Gasteiger partial charge < -0.3 is 29.2 Å². The maximum Gasteiger partial charge on any atom is 0.193 e. The third-order valence-electron chi connectivity index (χ3n) is 6.99. The molecule has 0 amide bonds. The van der Waals surface area contributed by atoms with Crippen molar-refractivity contribution in [3.63, 3.8) is 0 Å². The topological polar surface area (TPSA) is 94.5 Å². The van der Waals surface area contributed by atoms with Gasteiger partial charge in [0.2, 0.25) is 0 Å². The summed E-state index contributed by atoms with van der Waals surface area (Å²) in [5.74, 6) is 4.13. The van der Waals surface area contributed by atoms with E-state index >= 15 is 0 Å². The standard InChI is InChI=1S/C37H42O7/c38-25-5-1-3-7-27-41-31-17-21-35(22-18-31)43-33-13-9-29(10-14-33)37(40)30-11-15-34(16-12-30)44-36-23-19-32(20-24-36)42-28-8-4-2-6-26-39/h9-24,38-39H,1-8,25-28H2. The number of hydrogen-bond acceptors (Lipinski definition) is 7. The van der Waals surface area contributed by atoms with Gasteiger partial charge in [0.05, 0.1) is 13.2 Å². The number of benzene rings is 4. The number of ketones is 1. The van der Waals surface area contributed by atoms with E-state index in [4.69, 9.17) is 29.2 Å². The van der Waals surface area contributed by atoms with Gasteiger partial charge in [-0.1, -0.05) is 12.8 Å². The first-order chi connectivity index (χ1) is 21.6. The van der Waals surface area contributed by atoms with Crippen LogP contribution in [0.1, 0.15) is 67.3 Å². The summed E-state index contributed by atoms with van der Waals surface area (Å²) >= 11 is 0. The van der Waals surface area contributed by atoms with Gasteiger partial charge in [-0.2, -0.15) is 0 Å². The van der Waals surface area contributed by atoms with E-state index in [0.717, 1.165) is 62.9 Å². The molecule has 0 bridgehead atoms. The molecule has 0 aliphatic heterocycles. The molecule has 0 saturated carbocycles. The van der Waals surface area contributed by atoms with Crippen LogP contribution in [0.15, 0.2) is 97.1 Å². The lowest BCUT2D eigenvalue weighted by molar-refractivity contribution is 0.103. The maximum atomic E-state index is 13.0. The highest BCUT2D eigenvalue weighted by atomic mass is 16.5. The molecule has 0 aliphatic carbocycles. The van der Waals surface area contributed by atoms with Gasteiger partial charge in [0.25, 0.3) is 0 Å². The molecule has 4 rings (SSSR count). The summed E-state index contributed by atoms with van der Waals surface area (Å²) in [4.78, 5) is 13.0. The summed E-state index contributed by atoms with van der Waals surface area (Å²) in [5.41, 5.74) is 1.13. The molecule has 0 aromatic heterocycles. The number of aliphatic hydroxyl groups excluding tert-OH is 2. The first-order valence-corrected chi connectivity index (χ1v) is 15.4. The number of carbonyl (C=O) groups is 1. The van der Waals surface area contributed by atoms with Gasteiger partial charge in [-0.25, -0.2) is 0 Å². The molecule has 0 fully saturated rings. The molecule has 4 aromatic rings. The van der Waals surface area contributed by atoms with Crippen LogP contribution in [0.25, 0.3) is 0 Å². The Balaban J connectivity index is 1.21. The minimum Gasteiger partial charge on any atom is -0.494 e. The molecule has 7 heteroatoms. The van der Waals surface area contributed by atoms with Crippen LogP contribution in [0.4, 0.5) is 0 Å². The highest BCUT2D eigenvalue weighted by molar-refractivity contribution is 6.09. The van der Waals surface area contributed by atoms with Crippen molar-refractivity contribution < 1.29 is 34.0 Å². The second-order valence-electron chi connectivity index (χ2n) is 10.5. The molecular formula is C37H42O7. The molecule has 0 radical (unpaired) electrons. The molecule has 232 valence electrons. The van der Waals surface area contributed by atoms with Gasteiger partial charge in [-0.15, -0.1) is 0 Å². The van der Waals surface area contributed by atoms with Gasteiger partial charge in [-0.05, 0) is 136 Å². The Morgan fingerprint density at radius 3 is 1.05 bits per heavy atom. The monoisotopic (exact) mass is 598 g/mol. The number of hydrogen-bond donors (Lipinski definition) is 2. The van der Waals surface area contributed by atoms with Crippen molar-refractivity contribution in [3.8, 4) is 34.5 Å². The Morgan fingerprint density at radius 1 is 0.409 bits per heavy atom. The molecule has 0 atom stereocenters. The highest BCUT2D eigenvalue weighted by Crippen LogP contribution is 2.27. The zero-order valence-corrected chi connectivity index (χ0v) is 25.2. The lowest BCUT2D eigenvalue weighted by atomic mass is 10.0. The smallest absolute Gasteiger partial charge is 0.193 e. The minimum absolute atomic E-state index is 0.0844. The third kappa shape index (κ3) is 11.1. The number of ether oxygens (including phenoxy) is 4. The molecule has 44 heavy (non-hydrogen) atoms. The van der Waals surface area contributed by atoms with E-state index in [0.29, 0.717) is 47.3 Å². The van der Waals surface area contributed by atoms with Gasteiger partial charge in [0.15, 0.2) is 5.78 Å². The van der Waals surface area contributed by atoms with E-state index in [1.165, 1.54) is 0 Å². The van der Waals surface area contributed by atoms with Crippen molar-refractivity contribution in [3.05, 3.63) is 108 Å². The predicted octanol–water partition coefficient (Wildman–Crippen LogP) is 8.37. The summed E-state index contributed by atoms with van der Waals surface area (Å²) < 4.78 is 23.4. The molecule has 0 unspecified atom stereocenters. The van der Waals surface area contributed by atoms with E-state index in [2.05, 4.69) is 0 Å². The van der Waals surface area contributed by atoms with Crippen LogP contribution in [0.2, 0.25) is 0 Å². The normalized spacial score (nSPS) is 10.8. The second-order valence-corrected chi connectivity index (χ2v) is 10.5. The minimum atomic E-state index is -0.0844. The van der Waals surface area contributed by atoms with Crippen LogP contribution in [-0.2, 0) is 0 Å². The fourth-order valence-corrected chi connectivity index (χ4v) is 4.51. The third-order valence-corrected chi connectivity index (χ3v) is 6.99. The van der Waals surface area contributed by atoms with Gasteiger partial charge in [-0.3, -0.25) is 4.79 Å². The fraction of sp³-hybridized carbons (Fsp3) is 0.324. The first-order valence-electron chi connectivity index (χ1n) is 15.4. The van der Waals surface area contributed by atoms with Crippen LogP contribution >= 0.6 is 0 Å². The molecule has 7 nitrogen and oxygen atoms in total. The Morgan fingerprint density at radius 2 is 0.705 bits per heavy atom. The average molecular weight is 599 g/mol. The molecule has 0 aliphatic rings. The summed E-state index contributed by atoms with van der Waals surface area (Å²) in [6.07, 6.45) is 7.71. The van der Waals surface area contributed by atoms with Crippen LogP contribution in [0, 0.1) is 0 Å². The van der Waals surface area contributed by atoms with Crippen molar-refractivity contribution in [2.75, 3.05) is 26.4 Å². The van der Waals surface area contributed by atoms with Gasteiger partial charge in [0.1, 0.15) is 34.5 Å². The predicted molar refractivity (Wildman–Crippen MR) is 171 cm³/mol. The van der Waals surface area contributed by atoms with Crippen LogP contribution < -0.4 is 18.9 Å². The second kappa shape index (κ2) is 18.4. The molecule has 0 spiro atoms. The van der Waals surface area contributed by atoms with E-state index in [1.54, 1.807) is 48.5 Å². The Hall–Kier alpha value is -4.33. The number of unbranched alkanes of at least 4 members (excludes halogenated alkanes) is 6. The molecular weight excluding hydrogens is 556 g/mol. The number of rotatable bonds is 20. The Bertz CT molecular complexity index is 1260. The summed E-state index contributed by atoms with van der Waals surface area (Å²) in [5, 5.41) is 17.7. The molecule has 4 aromatic carbocycles. The lowest BCUT2D eigenvalue weighted by Crippen LogP contribution is -2.01. The van der Waals surface area contributed by atoms with Gasteiger partial charge >= 0.3 is 0 Å². The van der Waals surface area contributed by atoms with E-state index < -0.39 is 0 Å². The molecule has 0 saturated heterocycles. The van der Waals surface area contributed by atoms with Crippen LogP contribution in [0.5, 0.6) is 34.5 Å². The Kier molecular flexibility index (Phi) is 13.6. The number of aliphatic hydroxyl groups is 2. The maximum absolute atomic E-state index is 13.0. The highest BCUT2D eigenvalue weighted by Gasteiger charge is 2.10. The van der Waals surface area contributed by atoms with E-state index in [1.807, 2.05) is 48.5 Å². The van der Waals surface area contributed by atoms with Crippen molar-refractivity contribution in [2.24, 2.45) is 0 Å². The number of carbonyl (C=O) groups excluding carboxylic acids is 1. The summed E-state index contributed by atoms with van der Waals surface area (Å²) in [7, 11) is 0. The van der Waals surface area contributed by atoms with Crippen molar-refractivity contribution in [2.45, 2.75) is 51.4 Å². The summed E-state index contributed by atoms with van der Waals surface area (Å²) in [6, 6.07) is 29.1. The van der Waals surface area contributed by atoms with Crippen molar-refractivity contribution in [1.29, 1.82) is 0 Å². The zero-order valence-electron chi connectivity index (χ0n) is 25.2. The molecule has 2 N–H and O–H groups in total. The van der Waals surface area contributed by atoms with E-state index in [-0.39, 0.29) is 19.0 Å². The fourth-order valence-electron chi connectivity index (χ4n) is 4.51. The Labute approximate surface area is 260 Å². The van der Waals surface area contributed by atoms with Crippen molar-refractivity contribution in [1.82, 2.24) is 0 Å². The average Bonchev–Trinajstić information content (AvgIpc) is 3.06. The summed E-state index contributed by atoms with van der Waals surface area (Å²) in [6.45, 7) is 1.78. The lowest BCUT2D eigenvalue weighted by Gasteiger charge is -2.10.